The van der Waals surface area contributed by atoms with E-state index in [1.165, 1.54) is 36.4 Å². The Bertz CT molecular complexity index is 925. The molecule has 130 valence electrons. The maximum absolute atomic E-state index is 13.7. The van der Waals surface area contributed by atoms with Gasteiger partial charge < -0.3 is 5.32 Å². The van der Waals surface area contributed by atoms with Gasteiger partial charge in [-0.3, -0.25) is 4.79 Å². The Morgan fingerprint density at radius 3 is 2.48 bits per heavy atom. The number of nitrogens with zero attached hydrogens (tertiary/aromatic N) is 1. The second-order valence-corrected chi connectivity index (χ2v) is 7.59. The van der Waals surface area contributed by atoms with Crippen LogP contribution in [0, 0.1) is 17.1 Å². The number of hydrogen-bond donors (Lipinski definition) is 2. The van der Waals surface area contributed by atoms with Crippen molar-refractivity contribution in [3.8, 4) is 6.07 Å². The summed E-state index contributed by atoms with van der Waals surface area (Å²) in [6.45, 7) is 0.00388. The largest absolute Gasteiger partial charge is 0.319 e. The standard InChI is InChI=1S/C16H13BrFN3O3S/c17-12-4-7-15(14(18)10-12)21-16(22)11-2-5-13(6-3-11)25(23,24)20-9-1-8-19/h2-7,10,20H,1,9H2,(H,21,22). The van der Waals surface area contributed by atoms with Crippen molar-refractivity contribution < 1.29 is 17.6 Å². The number of carbonyl (C=O) groups excluding carboxylic acids is 1. The van der Waals surface area contributed by atoms with Crippen LogP contribution in [-0.2, 0) is 10.0 Å². The Balaban J connectivity index is 2.11. The van der Waals surface area contributed by atoms with E-state index in [4.69, 9.17) is 5.26 Å². The molecule has 0 aliphatic heterocycles. The average molecular weight is 426 g/mol. The van der Waals surface area contributed by atoms with Gasteiger partial charge in [0, 0.05) is 23.0 Å². The molecule has 9 heteroatoms. The van der Waals surface area contributed by atoms with Crippen LogP contribution < -0.4 is 10.0 Å². The lowest BCUT2D eigenvalue weighted by Crippen LogP contribution is -2.24. The van der Waals surface area contributed by atoms with Crippen molar-refractivity contribution in [2.24, 2.45) is 0 Å². The van der Waals surface area contributed by atoms with Crippen LogP contribution in [0.15, 0.2) is 51.8 Å². The fourth-order valence-corrected chi connectivity index (χ4v) is 3.26. The predicted octanol–water partition coefficient (Wildman–Crippen LogP) is 3.03. The van der Waals surface area contributed by atoms with Gasteiger partial charge in [0.2, 0.25) is 10.0 Å². The monoisotopic (exact) mass is 425 g/mol. The topological polar surface area (TPSA) is 99.1 Å². The first-order chi connectivity index (χ1) is 11.8. The molecule has 0 fully saturated rings. The number of anilines is 1. The molecule has 2 aromatic carbocycles. The van der Waals surface area contributed by atoms with Crippen LogP contribution in [0.4, 0.5) is 10.1 Å². The Labute approximate surface area is 152 Å². The highest BCUT2D eigenvalue weighted by molar-refractivity contribution is 9.10. The van der Waals surface area contributed by atoms with Crippen molar-refractivity contribution in [3.63, 3.8) is 0 Å². The molecule has 2 rings (SSSR count). The molecular formula is C16H13BrFN3O3S. The molecule has 0 spiro atoms. The molecule has 0 radical (unpaired) electrons. The summed E-state index contributed by atoms with van der Waals surface area (Å²) in [5.41, 5.74) is 0.196. The number of nitrogens with one attached hydrogen (secondary N) is 2. The van der Waals surface area contributed by atoms with E-state index in [9.17, 15) is 17.6 Å². The zero-order valence-electron chi connectivity index (χ0n) is 12.8. The summed E-state index contributed by atoms with van der Waals surface area (Å²) in [5, 5.41) is 10.8. The zero-order valence-corrected chi connectivity index (χ0v) is 15.2. The lowest BCUT2D eigenvalue weighted by atomic mass is 10.2. The van der Waals surface area contributed by atoms with Crippen molar-refractivity contribution in [3.05, 3.63) is 58.3 Å². The summed E-state index contributed by atoms with van der Waals surface area (Å²) < 4.78 is 40.5. The van der Waals surface area contributed by atoms with E-state index in [2.05, 4.69) is 26.0 Å². The van der Waals surface area contributed by atoms with E-state index in [-0.39, 0.29) is 29.1 Å². The van der Waals surface area contributed by atoms with E-state index in [1.807, 2.05) is 6.07 Å². The molecule has 0 aromatic heterocycles. The molecule has 0 aliphatic carbocycles. The van der Waals surface area contributed by atoms with Crippen LogP contribution in [0.3, 0.4) is 0 Å². The summed E-state index contributed by atoms with van der Waals surface area (Å²) in [4.78, 5) is 12.1. The predicted molar refractivity (Wildman–Crippen MR) is 93.9 cm³/mol. The van der Waals surface area contributed by atoms with Gasteiger partial charge in [0.15, 0.2) is 0 Å². The fraction of sp³-hybridized carbons (Fsp3) is 0.125. The maximum Gasteiger partial charge on any atom is 0.255 e. The first-order valence-corrected chi connectivity index (χ1v) is 9.34. The lowest BCUT2D eigenvalue weighted by Gasteiger charge is -2.08. The van der Waals surface area contributed by atoms with Crippen LogP contribution in [0.25, 0.3) is 0 Å². The van der Waals surface area contributed by atoms with Crippen molar-refractivity contribution in [2.75, 3.05) is 11.9 Å². The van der Waals surface area contributed by atoms with Gasteiger partial charge in [0.25, 0.3) is 5.91 Å². The van der Waals surface area contributed by atoms with Crippen molar-refractivity contribution in [2.45, 2.75) is 11.3 Å². The summed E-state index contributed by atoms with van der Waals surface area (Å²) in [5.74, 6) is -1.16. The van der Waals surface area contributed by atoms with Crippen molar-refractivity contribution >= 4 is 37.5 Å². The normalized spacial score (nSPS) is 10.9. The van der Waals surface area contributed by atoms with Gasteiger partial charge in [-0.1, -0.05) is 15.9 Å². The first-order valence-electron chi connectivity index (χ1n) is 7.06. The average Bonchev–Trinajstić information content (AvgIpc) is 2.57. The zero-order chi connectivity index (χ0) is 18.4. The van der Waals surface area contributed by atoms with Gasteiger partial charge in [0.05, 0.1) is 16.7 Å². The highest BCUT2D eigenvalue weighted by Gasteiger charge is 2.15. The molecule has 6 nitrogen and oxygen atoms in total. The molecule has 0 saturated carbocycles. The number of hydrogen-bond acceptors (Lipinski definition) is 4. The Morgan fingerprint density at radius 1 is 1.20 bits per heavy atom. The molecule has 0 heterocycles. The third kappa shape index (κ3) is 5.09. The van der Waals surface area contributed by atoms with Crippen molar-refractivity contribution in [1.82, 2.24) is 4.72 Å². The van der Waals surface area contributed by atoms with Crippen LogP contribution in [0.2, 0.25) is 0 Å². The number of benzene rings is 2. The molecule has 2 N–H and O–H groups in total. The van der Waals surface area contributed by atoms with Gasteiger partial charge in [-0.2, -0.15) is 5.26 Å². The molecule has 0 atom stereocenters. The smallest absolute Gasteiger partial charge is 0.255 e. The molecule has 0 aliphatic rings. The highest BCUT2D eigenvalue weighted by atomic mass is 79.9. The van der Waals surface area contributed by atoms with Crippen LogP contribution in [-0.4, -0.2) is 20.9 Å². The van der Waals surface area contributed by atoms with E-state index >= 15 is 0 Å². The number of amides is 1. The van der Waals surface area contributed by atoms with Gasteiger partial charge >= 0.3 is 0 Å². The molecule has 0 saturated heterocycles. The van der Waals surface area contributed by atoms with Crippen LogP contribution in [0.1, 0.15) is 16.8 Å². The minimum absolute atomic E-state index is 0.00388. The molecule has 1 amide bonds. The molecule has 25 heavy (non-hydrogen) atoms. The van der Waals surface area contributed by atoms with Crippen LogP contribution >= 0.6 is 15.9 Å². The number of sulfonamides is 1. The summed E-state index contributed by atoms with van der Waals surface area (Å²) in [6, 6.07) is 11.2. The summed E-state index contributed by atoms with van der Waals surface area (Å²) >= 11 is 3.12. The van der Waals surface area contributed by atoms with E-state index in [0.29, 0.717) is 4.47 Å². The quantitative estimate of drug-likeness (QED) is 0.694. The Morgan fingerprint density at radius 2 is 1.88 bits per heavy atom. The van der Waals surface area contributed by atoms with Gasteiger partial charge in [-0.05, 0) is 42.5 Å². The molecule has 0 unspecified atom stereocenters. The number of halogens is 2. The third-order valence-electron chi connectivity index (χ3n) is 3.14. The number of carbonyl (C=O) groups is 1. The van der Waals surface area contributed by atoms with Gasteiger partial charge in [0.1, 0.15) is 5.82 Å². The van der Waals surface area contributed by atoms with Gasteiger partial charge in [-0.15, -0.1) is 0 Å². The third-order valence-corrected chi connectivity index (χ3v) is 5.11. The highest BCUT2D eigenvalue weighted by Crippen LogP contribution is 2.20. The Kier molecular flexibility index (Phi) is 6.25. The SMILES string of the molecule is N#CCCNS(=O)(=O)c1ccc(C(=O)Nc2ccc(Br)cc2F)cc1. The fourth-order valence-electron chi connectivity index (χ4n) is 1.90. The molecule has 2 aromatic rings. The minimum atomic E-state index is -3.74. The number of rotatable bonds is 6. The van der Waals surface area contributed by atoms with E-state index < -0.39 is 21.7 Å². The van der Waals surface area contributed by atoms with Gasteiger partial charge in [-0.25, -0.2) is 17.5 Å². The first kappa shape index (κ1) is 19.1. The summed E-state index contributed by atoms with van der Waals surface area (Å²) in [7, 11) is -3.74. The maximum atomic E-state index is 13.7. The number of nitriles is 1. The second kappa shape index (κ2) is 8.20. The van der Waals surface area contributed by atoms with Crippen LogP contribution in [0.5, 0.6) is 0 Å². The minimum Gasteiger partial charge on any atom is -0.319 e. The molecular weight excluding hydrogens is 413 g/mol. The van der Waals surface area contributed by atoms with Crippen molar-refractivity contribution in [1.29, 1.82) is 5.26 Å². The second-order valence-electron chi connectivity index (χ2n) is 4.91. The molecule has 0 bridgehead atoms. The van der Waals surface area contributed by atoms with E-state index in [1.54, 1.807) is 6.07 Å². The summed E-state index contributed by atoms with van der Waals surface area (Å²) in [6.07, 6.45) is 0.0540. The lowest BCUT2D eigenvalue weighted by molar-refractivity contribution is 0.102. The van der Waals surface area contributed by atoms with E-state index in [0.717, 1.165) is 0 Å². The Hall–Kier alpha value is -2.28.